The molecule has 1 amide bonds. The van der Waals surface area contributed by atoms with Crippen molar-refractivity contribution < 1.29 is 4.79 Å². The summed E-state index contributed by atoms with van der Waals surface area (Å²) in [5.41, 5.74) is 1.81. The maximum Gasteiger partial charge on any atom is 0.293 e. The Balaban J connectivity index is 1.89. The number of aryl methyl sites for hydroxylation is 2. The van der Waals surface area contributed by atoms with Crippen molar-refractivity contribution in [2.24, 2.45) is 5.92 Å². The maximum atomic E-state index is 12.7. The van der Waals surface area contributed by atoms with Crippen LogP contribution in [0.25, 0.3) is 5.78 Å². The van der Waals surface area contributed by atoms with Gasteiger partial charge in [0.2, 0.25) is 5.82 Å². The highest BCUT2D eigenvalue weighted by Crippen LogP contribution is 2.27. The molecule has 6 heteroatoms. The number of fused-ring (bicyclic) bond motifs is 1. The Morgan fingerprint density at radius 2 is 2.00 bits per heavy atom. The van der Waals surface area contributed by atoms with E-state index in [0.29, 0.717) is 11.7 Å². The second-order valence-electron chi connectivity index (χ2n) is 6.43. The first-order chi connectivity index (χ1) is 10.5. The zero-order chi connectivity index (χ0) is 15.9. The maximum absolute atomic E-state index is 12.7. The van der Waals surface area contributed by atoms with Crippen LogP contribution in [0, 0.1) is 19.8 Å². The lowest BCUT2D eigenvalue weighted by molar-refractivity contribution is 0.0617. The van der Waals surface area contributed by atoms with E-state index in [4.69, 9.17) is 0 Å². The average Bonchev–Trinajstić information content (AvgIpc) is 2.90. The molecule has 0 aliphatic heterocycles. The molecule has 2 atom stereocenters. The molecule has 1 saturated carbocycles. The summed E-state index contributed by atoms with van der Waals surface area (Å²) in [5, 5.41) is 4.35. The standard InChI is InChI=1S/C16H23N5O/c1-10-7-5-6-8-13(10)20(4)15(22)14-18-16-17-11(2)9-12(3)21(16)19-14/h9-10,13H,5-8H2,1-4H3. The van der Waals surface area contributed by atoms with Crippen molar-refractivity contribution in [1.29, 1.82) is 0 Å². The van der Waals surface area contributed by atoms with Crippen LogP contribution in [0.2, 0.25) is 0 Å². The lowest BCUT2D eigenvalue weighted by Crippen LogP contribution is -2.43. The zero-order valence-electron chi connectivity index (χ0n) is 13.7. The normalized spacial score (nSPS) is 22.0. The van der Waals surface area contributed by atoms with Gasteiger partial charge < -0.3 is 4.90 Å². The van der Waals surface area contributed by atoms with Gasteiger partial charge in [-0.2, -0.15) is 4.98 Å². The van der Waals surface area contributed by atoms with Gasteiger partial charge in [-0.1, -0.05) is 19.8 Å². The van der Waals surface area contributed by atoms with Gasteiger partial charge in [0.25, 0.3) is 11.7 Å². The highest BCUT2D eigenvalue weighted by molar-refractivity contribution is 5.91. The van der Waals surface area contributed by atoms with Gasteiger partial charge in [-0.3, -0.25) is 4.79 Å². The molecule has 2 aromatic rings. The first-order valence-corrected chi connectivity index (χ1v) is 7.95. The van der Waals surface area contributed by atoms with Gasteiger partial charge in [0, 0.05) is 24.5 Å². The van der Waals surface area contributed by atoms with Gasteiger partial charge in [-0.15, -0.1) is 5.10 Å². The summed E-state index contributed by atoms with van der Waals surface area (Å²) in [6.45, 7) is 6.08. The first-order valence-electron chi connectivity index (χ1n) is 7.95. The largest absolute Gasteiger partial charge is 0.336 e. The van der Waals surface area contributed by atoms with Crippen LogP contribution in [-0.2, 0) is 0 Å². The zero-order valence-corrected chi connectivity index (χ0v) is 13.7. The van der Waals surface area contributed by atoms with Crippen LogP contribution in [0.15, 0.2) is 6.07 Å². The SMILES string of the molecule is Cc1cc(C)n2nc(C(=O)N(C)C3CCCCC3C)nc2n1. The van der Waals surface area contributed by atoms with Gasteiger partial charge in [0.05, 0.1) is 0 Å². The van der Waals surface area contributed by atoms with Crippen molar-refractivity contribution in [3.8, 4) is 0 Å². The number of amides is 1. The Hall–Kier alpha value is -1.98. The van der Waals surface area contributed by atoms with Crippen molar-refractivity contribution in [3.05, 3.63) is 23.3 Å². The summed E-state index contributed by atoms with van der Waals surface area (Å²) in [6, 6.07) is 2.21. The predicted molar refractivity (Wildman–Crippen MR) is 83.8 cm³/mol. The molecule has 1 aliphatic rings. The van der Waals surface area contributed by atoms with E-state index < -0.39 is 0 Å². The molecule has 1 aliphatic carbocycles. The molecule has 22 heavy (non-hydrogen) atoms. The van der Waals surface area contributed by atoms with E-state index in [1.165, 1.54) is 19.3 Å². The van der Waals surface area contributed by atoms with Crippen LogP contribution in [-0.4, -0.2) is 43.5 Å². The summed E-state index contributed by atoms with van der Waals surface area (Å²) in [6.07, 6.45) is 4.69. The third-order valence-corrected chi connectivity index (χ3v) is 4.69. The number of nitrogens with zero attached hydrogens (tertiary/aromatic N) is 5. The third kappa shape index (κ3) is 2.58. The molecular weight excluding hydrogens is 278 g/mol. The van der Waals surface area contributed by atoms with Crippen LogP contribution in [0.4, 0.5) is 0 Å². The predicted octanol–water partition coefficient (Wildman–Crippen LogP) is 2.39. The monoisotopic (exact) mass is 301 g/mol. The minimum atomic E-state index is -0.110. The molecule has 118 valence electrons. The van der Waals surface area contributed by atoms with E-state index in [1.54, 1.807) is 4.52 Å². The first kappa shape index (κ1) is 14.9. The quantitative estimate of drug-likeness (QED) is 0.854. The summed E-state index contributed by atoms with van der Waals surface area (Å²) >= 11 is 0. The molecule has 1 fully saturated rings. The molecule has 2 unspecified atom stereocenters. The van der Waals surface area contributed by atoms with Gasteiger partial charge in [0.1, 0.15) is 0 Å². The van der Waals surface area contributed by atoms with Crippen LogP contribution < -0.4 is 0 Å². The number of rotatable bonds is 2. The van der Waals surface area contributed by atoms with E-state index >= 15 is 0 Å². The molecule has 0 saturated heterocycles. The number of carbonyl (C=O) groups is 1. The molecule has 2 aromatic heterocycles. The Bertz CT molecular complexity index is 708. The van der Waals surface area contributed by atoms with Crippen LogP contribution >= 0.6 is 0 Å². The molecule has 0 bridgehead atoms. The van der Waals surface area contributed by atoms with Crippen molar-refractivity contribution in [2.45, 2.75) is 52.5 Å². The molecule has 3 rings (SSSR count). The lowest BCUT2D eigenvalue weighted by atomic mass is 9.85. The Morgan fingerprint density at radius 3 is 2.73 bits per heavy atom. The summed E-state index contributed by atoms with van der Waals surface area (Å²) in [5.74, 6) is 1.15. The fourth-order valence-electron chi connectivity index (χ4n) is 3.44. The molecule has 0 radical (unpaired) electrons. The Kier molecular flexibility index (Phi) is 3.85. The Labute approximate surface area is 130 Å². The van der Waals surface area contributed by atoms with Crippen LogP contribution in [0.1, 0.15) is 54.6 Å². The van der Waals surface area contributed by atoms with Crippen molar-refractivity contribution >= 4 is 11.7 Å². The van der Waals surface area contributed by atoms with E-state index in [9.17, 15) is 4.79 Å². The van der Waals surface area contributed by atoms with Crippen molar-refractivity contribution in [1.82, 2.24) is 24.5 Å². The van der Waals surface area contributed by atoms with Gasteiger partial charge >= 0.3 is 0 Å². The van der Waals surface area contributed by atoms with E-state index in [2.05, 4.69) is 22.0 Å². The third-order valence-electron chi connectivity index (χ3n) is 4.69. The summed E-state index contributed by atoms with van der Waals surface area (Å²) in [7, 11) is 1.87. The van der Waals surface area contributed by atoms with Gasteiger partial charge in [0.15, 0.2) is 0 Å². The second-order valence-corrected chi connectivity index (χ2v) is 6.43. The van der Waals surface area contributed by atoms with Gasteiger partial charge in [-0.05, 0) is 38.7 Å². The molecule has 6 nitrogen and oxygen atoms in total. The molecule has 2 heterocycles. The second kappa shape index (κ2) is 5.66. The highest BCUT2D eigenvalue weighted by atomic mass is 16.2. The fourth-order valence-corrected chi connectivity index (χ4v) is 3.44. The number of hydrogen-bond acceptors (Lipinski definition) is 4. The summed E-state index contributed by atoms with van der Waals surface area (Å²) in [4.78, 5) is 23.2. The van der Waals surface area contributed by atoms with Gasteiger partial charge in [-0.25, -0.2) is 9.50 Å². The highest BCUT2D eigenvalue weighted by Gasteiger charge is 2.30. The lowest BCUT2D eigenvalue weighted by Gasteiger charge is -2.35. The number of carbonyl (C=O) groups excluding carboxylic acids is 1. The number of hydrogen-bond donors (Lipinski definition) is 0. The van der Waals surface area contributed by atoms with Crippen molar-refractivity contribution in [2.75, 3.05) is 7.05 Å². The minimum Gasteiger partial charge on any atom is -0.336 e. The molecular formula is C16H23N5O. The Morgan fingerprint density at radius 1 is 1.27 bits per heavy atom. The van der Waals surface area contributed by atoms with E-state index in [1.807, 2.05) is 31.9 Å². The molecule has 0 aromatic carbocycles. The smallest absolute Gasteiger partial charge is 0.293 e. The molecule has 0 spiro atoms. The van der Waals surface area contributed by atoms with Crippen LogP contribution in [0.3, 0.4) is 0 Å². The fraction of sp³-hybridized carbons (Fsp3) is 0.625. The minimum absolute atomic E-state index is 0.110. The average molecular weight is 301 g/mol. The van der Waals surface area contributed by atoms with Crippen LogP contribution in [0.5, 0.6) is 0 Å². The van der Waals surface area contributed by atoms with E-state index in [-0.39, 0.29) is 17.8 Å². The van der Waals surface area contributed by atoms with Crippen molar-refractivity contribution in [3.63, 3.8) is 0 Å². The van der Waals surface area contributed by atoms with E-state index in [0.717, 1.165) is 17.8 Å². The summed E-state index contributed by atoms with van der Waals surface area (Å²) < 4.78 is 1.64. The number of aromatic nitrogens is 4. The molecule has 0 N–H and O–H groups in total. The topological polar surface area (TPSA) is 63.4 Å².